The largest absolute Gasteiger partial charge is 0.493 e. The Hall–Kier alpha value is -2.00. The maximum Gasteiger partial charge on any atom is 0.165 e. The normalized spacial score (nSPS) is 12.0. The van der Waals surface area contributed by atoms with E-state index in [1.165, 1.54) is 5.56 Å². The number of nitrogens with one attached hydrogen (secondary N) is 1. The van der Waals surface area contributed by atoms with E-state index in [0.717, 1.165) is 23.6 Å². The fourth-order valence-electron chi connectivity index (χ4n) is 2.32. The lowest BCUT2D eigenvalue weighted by Crippen LogP contribution is -2.18. The molecule has 21 heavy (non-hydrogen) atoms. The lowest BCUT2D eigenvalue weighted by Gasteiger charge is -2.17. The van der Waals surface area contributed by atoms with Gasteiger partial charge in [-0.1, -0.05) is 42.5 Å². The maximum absolute atomic E-state index is 5.61. The number of hydrogen-bond donors (Lipinski definition) is 1. The van der Waals surface area contributed by atoms with Crippen LogP contribution in [0.3, 0.4) is 0 Å². The first-order valence-corrected chi connectivity index (χ1v) is 7.33. The smallest absolute Gasteiger partial charge is 0.165 e. The lowest BCUT2D eigenvalue weighted by molar-refractivity contribution is 0.308. The van der Waals surface area contributed by atoms with E-state index in [0.29, 0.717) is 6.61 Å². The van der Waals surface area contributed by atoms with Crippen LogP contribution in [0.4, 0.5) is 0 Å². The molecule has 0 aliphatic rings. The van der Waals surface area contributed by atoms with E-state index in [1.54, 1.807) is 7.11 Å². The van der Waals surface area contributed by atoms with Crippen molar-refractivity contribution in [2.75, 3.05) is 13.7 Å². The van der Waals surface area contributed by atoms with Crippen LogP contribution in [0.5, 0.6) is 11.5 Å². The second kappa shape index (κ2) is 7.70. The van der Waals surface area contributed by atoms with Gasteiger partial charge in [-0.05, 0) is 25.5 Å². The number of rotatable bonds is 7. The summed E-state index contributed by atoms with van der Waals surface area (Å²) in [6.45, 7) is 5.50. The second-order valence-corrected chi connectivity index (χ2v) is 4.89. The summed E-state index contributed by atoms with van der Waals surface area (Å²) < 4.78 is 11.1. The zero-order chi connectivity index (χ0) is 15.1. The van der Waals surface area contributed by atoms with E-state index < -0.39 is 0 Å². The minimum atomic E-state index is 0.284. The Morgan fingerprint density at radius 3 is 2.48 bits per heavy atom. The fraction of sp³-hybridized carbons (Fsp3) is 0.333. The van der Waals surface area contributed by atoms with Gasteiger partial charge in [-0.3, -0.25) is 0 Å². The van der Waals surface area contributed by atoms with E-state index >= 15 is 0 Å². The van der Waals surface area contributed by atoms with Gasteiger partial charge in [-0.25, -0.2) is 0 Å². The molecule has 1 N–H and O–H groups in total. The summed E-state index contributed by atoms with van der Waals surface area (Å²) in [5.41, 5.74) is 2.38. The molecule has 1 atom stereocenters. The van der Waals surface area contributed by atoms with Crippen molar-refractivity contribution in [2.45, 2.75) is 26.4 Å². The molecule has 3 nitrogen and oxygen atoms in total. The van der Waals surface area contributed by atoms with Crippen LogP contribution >= 0.6 is 0 Å². The topological polar surface area (TPSA) is 30.5 Å². The van der Waals surface area contributed by atoms with Crippen molar-refractivity contribution in [3.05, 3.63) is 59.7 Å². The van der Waals surface area contributed by atoms with Gasteiger partial charge in [-0.2, -0.15) is 0 Å². The van der Waals surface area contributed by atoms with Gasteiger partial charge in [0.15, 0.2) is 11.5 Å². The first-order chi connectivity index (χ1) is 10.3. The zero-order valence-electron chi connectivity index (χ0n) is 12.9. The van der Waals surface area contributed by atoms with Crippen LogP contribution in [-0.4, -0.2) is 13.7 Å². The van der Waals surface area contributed by atoms with Gasteiger partial charge in [0.25, 0.3) is 0 Å². The fourth-order valence-corrected chi connectivity index (χ4v) is 2.32. The molecule has 2 rings (SSSR count). The average molecular weight is 285 g/mol. The molecule has 0 saturated carbocycles. The predicted molar refractivity (Wildman–Crippen MR) is 85.9 cm³/mol. The van der Waals surface area contributed by atoms with E-state index in [1.807, 2.05) is 25.1 Å². The summed E-state index contributed by atoms with van der Waals surface area (Å²) in [4.78, 5) is 0. The van der Waals surface area contributed by atoms with Gasteiger partial charge >= 0.3 is 0 Å². The third kappa shape index (κ3) is 3.99. The van der Waals surface area contributed by atoms with Gasteiger partial charge < -0.3 is 14.8 Å². The van der Waals surface area contributed by atoms with Crippen molar-refractivity contribution in [3.8, 4) is 11.5 Å². The monoisotopic (exact) mass is 285 g/mol. The Morgan fingerprint density at radius 2 is 1.81 bits per heavy atom. The van der Waals surface area contributed by atoms with Gasteiger partial charge in [0, 0.05) is 18.2 Å². The number of methoxy groups -OCH3 is 1. The molecule has 0 saturated heterocycles. The van der Waals surface area contributed by atoms with E-state index in [9.17, 15) is 0 Å². The van der Waals surface area contributed by atoms with E-state index in [-0.39, 0.29) is 6.04 Å². The molecular formula is C18H23NO2. The second-order valence-electron chi connectivity index (χ2n) is 4.89. The molecule has 0 amide bonds. The van der Waals surface area contributed by atoms with Gasteiger partial charge in [-0.15, -0.1) is 0 Å². The van der Waals surface area contributed by atoms with Crippen molar-refractivity contribution < 1.29 is 9.47 Å². The summed E-state index contributed by atoms with van der Waals surface area (Å²) in [5.74, 6) is 1.61. The number of benzene rings is 2. The molecular weight excluding hydrogens is 262 g/mol. The highest BCUT2D eigenvalue weighted by Crippen LogP contribution is 2.31. The van der Waals surface area contributed by atoms with Crippen molar-refractivity contribution in [1.29, 1.82) is 0 Å². The van der Waals surface area contributed by atoms with E-state index in [2.05, 4.69) is 42.6 Å². The molecule has 0 aliphatic carbocycles. The lowest BCUT2D eigenvalue weighted by atomic mass is 10.1. The molecule has 2 aromatic carbocycles. The molecule has 0 fully saturated rings. The standard InChI is InChI=1S/C18H23NO2/c1-4-21-17-12-8-11-16(18(17)20-3)13-19-14(2)15-9-6-5-7-10-15/h5-12,14,19H,4,13H2,1-3H3/t14-/m0/s1. The van der Waals surface area contributed by atoms with Gasteiger partial charge in [0.1, 0.15) is 0 Å². The Labute approximate surface area is 126 Å². The van der Waals surface area contributed by atoms with Crippen LogP contribution in [0.15, 0.2) is 48.5 Å². The molecule has 0 radical (unpaired) electrons. The number of hydrogen-bond acceptors (Lipinski definition) is 3. The molecule has 0 unspecified atom stereocenters. The van der Waals surface area contributed by atoms with Crippen LogP contribution in [-0.2, 0) is 6.54 Å². The van der Waals surface area contributed by atoms with Gasteiger partial charge in [0.2, 0.25) is 0 Å². The highest BCUT2D eigenvalue weighted by Gasteiger charge is 2.11. The number of ether oxygens (including phenoxy) is 2. The van der Waals surface area contributed by atoms with Crippen LogP contribution in [0.1, 0.15) is 31.0 Å². The van der Waals surface area contributed by atoms with Crippen molar-refractivity contribution in [3.63, 3.8) is 0 Å². The highest BCUT2D eigenvalue weighted by atomic mass is 16.5. The quantitative estimate of drug-likeness (QED) is 0.835. The molecule has 2 aromatic rings. The third-order valence-corrected chi connectivity index (χ3v) is 3.46. The summed E-state index contributed by atoms with van der Waals surface area (Å²) >= 11 is 0. The Morgan fingerprint density at radius 1 is 1.05 bits per heavy atom. The SMILES string of the molecule is CCOc1cccc(CN[C@@H](C)c2ccccc2)c1OC. The predicted octanol–water partition coefficient (Wildman–Crippen LogP) is 3.94. The minimum absolute atomic E-state index is 0.284. The molecule has 112 valence electrons. The molecule has 0 spiro atoms. The minimum Gasteiger partial charge on any atom is -0.493 e. The summed E-state index contributed by atoms with van der Waals surface area (Å²) in [6.07, 6.45) is 0. The number of para-hydroxylation sites is 1. The van der Waals surface area contributed by atoms with Gasteiger partial charge in [0.05, 0.1) is 13.7 Å². The first kappa shape index (κ1) is 15.4. The van der Waals surface area contributed by atoms with Crippen molar-refractivity contribution in [1.82, 2.24) is 5.32 Å². The maximum atomic E-state index is 5.61. The average Bonchev–Trinajstić information content (AvgIpc) is 2.54. The van der Waals surface area contributed by atoms with Crippen LogP contribution in [0, 0.1) is 0 Å². The first-order valence-electron chi connectivity index (χ1n) is 7.33. The van der Waals surface area contributed by atoms with E-state index in [4.69, 9.17) is 9.47 Å². The van der Waals surface area contributed by atoms with Crippen LogP contribution < -0.4 is 14.8 Å². The van der Waals surface area contributed by atoms with Crippen molar-refractivity contribution in [2.24, 2.45) is 0 Å². The summed E-state index contributed by atoms with van der Waals surface area (Å²) in [7, 11) is 1.68. The van der Waals surface area contributed by atoms with Crippen LogP contribution in [0.25, 0.3) is 0 Å². The molecule has 0 aliphatic heterocycles. The molecule has 3 heteroatoms. The van der Waals surface area contributed by atoms with Crippen LogP contribution in [0.2, 0.25) is 0 Å². The molecule has 0 aromatic heterocycles. The van der Waals surface area contributed by atoms with Crippen molar-refractivity contribution >= 4 is 0 Å². The summed E-state index contributed by atoms with van der Waals surface area (Å²) in [5, 5.41) is 3.52. The Balaban J connectivity index is 2.07. The third-order valence-electron chi connectivity index (χ3n) is 3.46. The Kier molecular flexibility index (Phi) is 5.64. The Bertz CT molecular complexity index is 554. The molecule has 0 bridgehead atoms. The molecule has 0 heterocycles. The zero-order valence-corrected chi connectivity index (χ0v) is 12.9. The highest BCUT2D eigenvalue weighted by molar-refractivity contribution is 5.46. The summed E-state index contributed by atoms with van der Waals surface area (Å²) in [6, 6.07) is 16.7.